The van der Waals surface area contributed by atoms with E-state index in [0.717, 1.165) is 51.3 Å². The molecule has 0 aromatic heterocycles. The Labute approximate surface area is 139 Å². The minimum Gasteiger partial charge on any atom is -0.382 e. The molecule has 0 bridgehead atoms. The highest BCUT2D eigenvalue weighted by Gasteiger charge is 2.36. The second-order valence-electron chi connectivity index (χ2n) is 7.04. The van der Waals surface area contributed by atoms with Crippen LogP contribution in [0.25, 0.3) is 0 Å². The van der Waals surface area contributed by atoms with Gasteiger partial charge in [0.05, 0.1) is 5.25 Å². The largest absolute Gasteiger partial charge is 0.382 e. The summed E-state index contributed by atoms with van der Waals surface area (Å²) in [5, 5.41) is 3.32. The lowest BCUT2D eigenvalue weighted by Gasteiger charge is -2.35. The van der Waals surface area contributed by atoms with Crippen LogP contribution in [0.15, 0.2) is 24.3 Å². The molecule has 0 unspecified atom stereocenters. The van der Waals surface area contributed by atoms with Crippen LogP contribution < -0.4 is 5.32 Å². The van der Waals surface area contributed by atoms with Gasteiger partial charge in [-0.3, -0.25) is 4.90 Å². The smallest absolute Gasteiger partial charge is 0.150 e. The molecule has 128 valence electrons. The van der Waals surface area contributed by atoms with Gasteiger partial charge in [0, 0.05) is 50.7 Å². The third-order valence-electron chi connectivity index (χ3n) is 5.00. The summed E-state index contributed by atoms with van der Waals surface area (Å²) in [4.78, 5) is 4.85. The Kier molecular flexibility index (Phi) is 4.94. The molecule has 1 aliphatic heterocycles. The molecule has 1 N–H and O–H groups in total. The summed E-state index contributed by atoms with van der Waals surface area (Å²) in [5.74, 6) is 0. The maximum absolute atomic E-state index is 11.5. The highest BCUT2D eigenvalue weighted by molar-refractivity contribution is 7.91. The fourth-order valence-electron chi connectivity index (χ4n) is 3.29. The molecule has 1 aromatic rings. The quantitative estimate of drug-likeness (QED) is 0.881. The Morgan fingerprint density at radius 1 is 1.17 bits per heavy atom. The van der Waals surface area contributed by atoms with E-state index in [1.165, 1.54) is 11.8 Å². The van der Waals surface area contributed by atoms with E-state index in [9.17, 15) is 8.42 Å². The molecule has 1 aromatic carbocycles. The molecule has 0 radical (unpaired) electrons. The average molecular weight is 337 g/mol. The lowest BCUT2D eigenvalue weighted by molar-refractivity contribution is 0.148. The van der Waals surface area contributed by atoms with Crippen LogP contribution in [-0.2, 0) is 16.4 Å². The molecule has 1 aliphatic carbocycles. The number of sulfone groups is 1. The molecule has 1 saturated carbocycles. The molecular formula is C17H27N3O2S. The van der Waals surface area contributed by atoms with Gasteiger partial charge < -0.3 is 10.2 Å². The lowest BCUT2D eigenvalue weighted by atomic mass is 9.92. The third-order valence-corrected chi connectivity index (χ3v) is 6.60. The first-order valence-corrected chi connectivity index (χ1v) is 10.3. The van der Waals surface area contributed by atoms with E-state index in [0.29, 0.717) is 0 Å². The van der Waals surface area contributed by atoms with Crippen molar-refractivity contribution in [3.05, 3.63) is 29.8 Å². The molecule has 0 amide bonds. The fraction of sp³-hybridized carbons (Fsp3) is 0.647. The van der Waals surface area contributed by atoms with Gasteiger partial charge in [0.25, 0.3) is 0 Å². The zero-order chi connectivity index (χ0) is 16.4. The van der Waals surface area contributed by atoms with Gasteiger partial charge in [-0.1, -0.05) is 12.1 Å². The van der Waals surface area contributed by atoms with Crippen LogP contribution >= 0.6 is 0 Å². The summed E-state index contributed by atoms with van der Waals surface area (Å²) < 4.78 is 22.9. The molecule has 6 heteroatoms. The summed E-state index contributed by atoms with van der Waals surface area (Å²) in [6.07, 6.45) is 2.79. The molecule has 5 nitrogen and oxygen atoms in total. The Hall–Kier alpha value is -1.11. The third kappa shape index (κ3) is 4.46. The van der Waals surface area contributed by atoms with Crippen LogP contribution in [0.5, 0.6) is 0 Å². The van der Waals surface area contributed by atoms with Gasteiger partial charge in [-0.2, -0.15) is 0 Å². The zero-order valence-electron chi connectivity index (χ0n) is 14.0. The van der Waals surface area contributed by atoms with Gasteiger partial charge in [0.15, 0.2) is 0 Å². The summed E-state index contributed by atoms with van der Waals surface area (Å²) in [7, 11) is -0.703. The van der Waals surface area contributed by atoms with Crippen molar-refractivity contribution >= 4 is 15.5 Å². The van der Waals surface area contributed by atoms with Crippen molar-refractivity contribution in [3.63, 3.8) is 0 Å². The number of likely N-dealkylation sites (N-methyl/N-ethyl adjacent to an activating group) is 1. The molecule has 0 spiro atoms. The van der Waals surface area contributed by atoms with Gasteiger partial charge in [-0.25, -0.2) is 8.42 Å². The average Bonchev–Trinajstić information content (AvgIpc) is 2.44. The first kappa shape index (κ1) is 16.7. The van der Waals surface area contributed by atoms with Crippen LogP contribution in [0.4, 0.5) is 5.69 Å². The van der Waals surface area contributed by atoms with Gasteiger partial charge in [0.1, 0.15) is 9.84 Å². The standard InChI is InChI=1S/C17H27N3O2S/c1-19-6-8-20(9-7-19)13-14-4-3-5-15(10-14)18-16-11-17(12-16)23(2,21)22/h3-5,10,16-18H,6-9,11-13H2,1-2H3. The minimum absolute atomic E-state index is 0.159. The van der Waals surface area contributed by atoms with Gasteiger partial charge in [-0.05, 0) is 37.6 Å². The van der Waals surface area contributed by atoms with Crippen LogP contribution in [0, 0.1) is 0 Å². The number of nitrogens with zero attached hydrogens (tertiary/aromatic N) is 2. The molecule has 2 fully saturated rings. The summed E-state index contributed by atoms with van der Waals surface area (Å²) in [6.45, 7) is 5.49. The van der Waals surface area contributed by atoms with Crippen molar-refractivity contribution in [2.45, 2.75) is 30.7 Å². The van der Waals surface area contributed by atoms with Crippen molar-refractivity contribution in [1.29, 1.82) is 0 Å². The molecule has 3 rings (SSSR count). The molecule has 1 heterocycles. The predicted molar refractivity (Wildman–Crippen MR) is 94.5 cm³/mol. The van der Waals surface area contributed by atoms with E-state index in [1.807, 2.05) is 0 Å². The van der Waals surface area contributed by atoms with Crippen molar-refractivity contribution in [2.24, 2.45) is 0 Å². The maximum Gasteiger partial charge on any atom is 0.150 e. The number of rotatable bonds is 5. The van der Waals surface area contributed by atoms with E-state index < -0.39 is 9.84 Å². The van der Waals surface area contributed by atoms with Crippen LogP contribution in [0.2, 0.25) is 0 Å². The van der Waals surface area contributed by atoms with Crippen LogP contribution in [-0.4, -0.2) is 69.0 Å². The lowest BCUT2D eigenvalue weighted by Crippen LogP contribution is -2.44. The SMILES string of the molecule is CN1CCN(Cc2cccc(NC3CC(S(C)(=O)=O)C3)c2)CC1. The van der Waals surface area contributed by atoms with Crippen molar-refractivity contribution < 1.29 is 8.42 Å². The maximum atomic E-state index is 11.5. The topological polar surface area (TPSA) is 52.6 Å². The minimum atomic E-state index is -2.87. The predicted octanol–water partition coefficient (Wildman–Crippen LogP) is 1.42. The fourth-order valence-corrected chi connectivity index (χ4v) is 4.46. The number of hydrogen-bond donors (Lipinski definition) is 1. The number of piperazine rings is 1. The zero-order valence-corrected chi connectivity index (χ0v) is 14.8. The van der Waals surface area contributed by atoms with Gasteiger partial charge in [0.2, 0.25) is 0 Å². The normalized spacial score (nSPS) is 26.7. The summed E-state index contributed by atoms with van der Waals surface area (Å²) >= 11 is 0. The Morgan fingerprint density at radius 3 is 2.52 bits per heavy atom. The number of nitrogens with one attached hydrogen (secondary N) is 1. The Morgan fingerprint density at radius 2 is 1.87 bits per heavy atom. The molecule has 0 atom stereocenters. The van der Waals surface area contributed by atoms with E-state index in [-0.39, 0.29) is 11.3 Å². The van der Waals surface area contributed by atoms with Crippen molar-refractivity contribution in [2.75, 3.05) is 44.8 Å². The molecular weight excluding hydrogens is 310 g/mol. The van der Waals surface area contributed by atoms with Gasteiger partial charge >= 0.3 is 0 Å². The second-order valence-corrected chi connectivity index (χ2v) is 9.37. The first-order chi connectivity index (χ1) is 10.9. The monoisotopic (exact) mass is 337 g/mol. The highest BCUT2D eigenvalue weighted by Crippen LogP contribution is 2.29. The van der Waals surface area contributed by atoms with E-state index in [1.54, 1.807) is 0 Å². The van der Waals surface area contributed by atoms with E-state index in [2.05, 4.69) is 46.4 Å². The second kappa shape index (κ2) is 6.79. The summed E-state index contributed by atoms with van der Waals surface area (Å²) in [5.41, 5.74) is 2.42. The van der Waals surface area contributed by atoms with Crippen LogP contribution in [0.1, 0.15) is 18.4 Å². The molecule has 23 heavy (non-hydrogen) atoms. The van der Waals surface area contributed by atoms with Crippen molar-refractivity contribution in [3.8, 4) is 0 Å². The molecule has 2 aliphatic rings. The molecule has 1 saturated heterocycles. The number of anilines is 1. The highest BCUT2D eigenvalue weighted by atomic mass is 32.2. The first-order valence-electron chi connectivity index (χ1n) is 8.35. The summed E-state index contributed by atoms with van der Waals surface area (Å²) in [6, 6.07) is 8.81. The van der Waals surface area contributed by atoms with Gasteiger partial charge in [-0.15, -0.1) is 0 Å². The Bertz CT molecular complexity index is 633. The van der Waals surface area contributed by atoms with E-state index in [4.69, 9.17) is 0 Å². The Balaban J connectivity index is 1.52. The van der Waals surface area contributed by atoms with Crippen LogP contribution in [0.3, 0.4) is 0 Å². The number of hydrogen-bond acceptors (Lipinski definition) is 5. The van der Waals surface area contributed by atoms with Crippen molar-refractivity contribution in [1.82, 2.24) is 9.80 Å². The number of benzene rings is 1. The van der Waals surface area contributed by atoms with E-state index >= 15 is 0 Å².